The van der Waals surface area contributed by atoms with E-state index in [0.29, 0.717) is 0 Å². The molecule has 0 aromatic heterocycles. The Bertz CT molecular complexity index is 650. The van der Waals surface area contributed by atoms with Gasteiger partial charge in [0.05, 0.1) is 6.10 Å². The van der Waals surface area contributed by atoms with E-state index in [9.17, 15) is 4.79 Å². The first-order valence-corrected chi connectivity index (χ1v) is 8.87. The van der Waals surface area contributed by atoms with Crippen molar-refractivity contribution in [3.63, 3.8) is 0 Å². The van der Waals surface area contributed by atoms with Crippen molar-refractivity contribution in [1.82, 2.24) is 0 Å². The third kappa shape index (κ3) is 5.07. The van der Waals surface area contributed by atoms with Gasteiger partial charge in [0.2, 0.25) is 0 Å². The van der Waals surface area contributed by atoms with E-state index < -0.39 is 6.10 Å². The SMILES string of the molecule is CCCCCC[C@@H](C)OC(=O)[C@@H](OC)c1ccc2ccccc2c1. The molecule has 0 saturated carbocycles. The summed E-state index contributed by atoms with van der Waals surface area (Å²) in [7, 11) is 1.55. The summed E-state index contributed by atoms with van der Waals surface area (Å²) in [5, 5.41) is 2.24. The summed E-state index contributed by atoms with van der Waals surface area (Å²) >= 11 is 0. The number of carbonyl (C=O) groups is 1. The molecule has 2 aromatic carbocycles. The number of esters is 1. The van der Waals surface area contributed by atoms with Gasteiger partial charge in [0.25, 0.3) is 0 Å². The number of ether oxygens (including phenoxy) is 2. The van der Waals surface area contributed by atoms with Crippen LogP contribution in [-0.4, -0.2) is 19.2 Å². The zero-order valence-corrected chi connectivity index (χ0v) is 15.0. The fraction of sp³-hybridized carbons (Fsp3) is 0.476. The van der Waals surface area contributed by atoms with E-state index in [1.807, 2.05) is 43.3 Å². The van der Waals surface area contributed by atoms with E-state index in [2.05, 4.69) is 13.0 Å². The molecule has 0 spiro atoms. The fourth-order valence-electron chi connectivity index (χ4n) is 2.92. The van der Waals surface area contributed by atoms with Gasteiger partial charge in [-0.25, -0.2) is 4.79 Å². The molecule has 0 aliphatic rings. The molecule has 0 radical (unpaired) electrons. The number of methoxy groups -OCH3 is 1. The average molecular weight is 328 g/mol. The number of carbonyl (C=O) groups excluding carboxylic acids is 1. The molecular formula is C21H28O3. The van der Waals surface area contributed by atoms with Crippen molar-refractivity contribution in [2.75, 3.05) is 7.11 Å². The summed E-state index contributed by atoms with van der Waals surface area (Å²) in [5.74, 6) is -0.309. The van der Waals surface area contributed by atoms with Crippen LogP contribution >= 0.6 is 0 Å². The van der Waals surface area contributed by atoms with Crippen LogP contribution in [0.1, 0.15) is 57.6 Å². The van der Waals surface area contributed by atoms with Gasteiger partial charge in [0, 0.05) is 7.11 Å². The zero-order chi connectivity index (χ0) is 17.4. The number of unbranched alkanes of at least 4 members (excludes halogenated alkanes) is 3. The molecule has 2 aromatic rings. The number of fused-ring (bicyclic) bond motifs is 1. The molecule has 130 valence electrons. The highest BCUT2D eigenvalue weighted by atomic mass is 16.6. The lowest BCUT2D eigenvalue weighted by molar-refractivity contribution is -0.161. The second-order valence-electron chi connectivity index (χ2n) is 6.32. The van der Waals surface area contributed by atoms with E-state index in [1.165, 1.54) is 19.3 Å². The summed E-state index contributed by atoms with van der Waals surface area (Å²) in [6, 6.07) is 14.0. The van der Waals surface area contributed by atoms with Crippen LogP contribution < -0.4 is 0 Å². The lowest BCUT2D eigenvalue weighted by Crippen LogP contribution is -2.22. The second-order valence-corrected chi connectivity index (χ2v) is 6.32. The van der Waals surface area contributed by atoms with E-state index >= 15 is 0 Å². The lowest BCUT2D eigenvalue weighted by atomic mass is 10.0. The van der Waals surface area contributed by atoms with Crippen molar-refractivity contribution < 1.29 is 14.3 Å². The molecule has 2 atom stereocenters. The Kier molecular flexibility index (Phi) is 7.26. The summed E-state index contributed by atoms with van der Waals surface area (Å²) < 4.78 is 11.0. The van der Waals surface area contributed by atoms with Gasteiger partial charge >= 0.3 is 5.97 Å². The van der Waals surface area contributed by atoms with Crippen molar-refractivity contribution in [2.45, 2.75) is 58.2 Å². The monoisotopic (exact) mass is 328 g/mol. The predicted molar refractivity (Wildman–Crippen MR) is 98.0 cm³/mol. The highest BCUT2D eigenvalue weighted by Crippen LogP contribution is 2.24. The van der Waals surface area contributed by atoms with Gasteiger partial charge in [-0.15, -0.1) is 0 Å². The molecule has 24 heavy (non-hydrogen) atoms. The Labute approximate surface area is 145 Å². The minimum Gasteiger partial charge on any atom is -0.460 e. The van der Waals surface area contributed by atoms with Gasteiger partial charge in [-0.05, 0) is 42.2 Å². The Morgan fingerprint density at radius 3 is 2.50 bits per heavy atom. The van der Waals surface area contributed by atoms with Crippen LogP contribution in [-0.2, 0) is 14.3 Å². The summed E-state index contributed by atoms with van der Waals surface area (Å²) in [6.45, 7) is 4.15. The Morgan fingerprint density at radius 2 is 1.79 bits per heavy atom. The largest absolute Gasteiger partial charge is 0.460 e. The van der Waals surface area contributed by atoms with Crippen LogP contribution in [0.25, 0.3) is 10.8 Å². The molecule has 0 unspecified atom stereocenters. The maximum atomic E-state index is 12.5. The van der Waals surface area contributed by atoms with Crippen molar-refractivity contribution >= 4 is 16.7 Å². The molecule has 0 bridgehead atoms. The van der Waals surface area contributed by atoms with Gasteiger partial charge in [-0.3, -0.25) is 0 Å². The summed E-state index contributed by atoms with van der Waals surface area (Å²) in [6.07, 6.45) is 4.88. The molecule has 3 heteroatoms. The molecule has 0 saturated heterocycles. The number of hydrogen-bond donors (Lipinski definition) is 0. The first kappa shape index (κ1) is 18.5. The van der Waals surface area contributed by atoms with Gasteiger partial charge in [0.15, 0.2) is 6.10 Å². The Hall–Kier alpha value is -1.87. The molecule has 0 fully saturated rings. The van der Waals surface area contributed by atoms with E-state index in [-0.39, 0.29) is 12.1 Å². The van der Waals surface area contributed by atoms with Crippen LogP contribution in [0.3, 0.4) is 0 Å². The molecule has 2 rings (SSSR count). The lowest BCUT2D eigenvalue weighted by Gasteiger charge is -2.19. The van der Waals surface area contributed by atoms with Crippen LogP contribution in [0, 0.1) is 0 Å². The summed E-state index contributed by atoms with van der Waals surface area (Å²) in [5.41, 5.74) is 0.833. The number of rotatable bonds is 9. The minimum atomic E-state index is -0.673. The smallest absolute Gasteiger partial charge is 0.340 e. The van der Waals surface area contributed by atoms with Gasteiger partial charge in [-0.2, -0.15) is 0 Å². The third-order valence-corrected chi connectivity index (χ3v) is 4.31. The first-order chi connectivity index (χ1) is 11.7. The zero-order valence-electron chi connectivity index (χ0n) is 15.0. The van der Waals surface area contributed by atoms with Crippen LogP contribution in [0.15, 0.2) is 42.5 Å². The molecule has 0 amide bonds. The highest BCUT2D eigenvalue weighted by Gasteiger charge is 2.23. The van der Waals surface area contributed by atoms with E-state index in [4.69, 9.17) is 9.47 Å². The number of benzene rings is 2. The minimum absolute atomic E-state index is 0.0764. The Morgan fingerprint density at radius 1 is 1.04 bits per heavy atom. The van der Waals surface area contributed by atoms with Crippen LogP contribution in [0.5, 0.6) is 0 Å². The predicted octanol–water partition coefficient (Wildman–Crippen LogP) is 5.43. The normalized spacial score (nSPS) is 13.6. The second kappa shape index (κ2) is 9.43. The molecule has 0 heterocycles. The standard InChI is InChI=1S/C21H28O3/c1-4-5-6-7-10-16(2)24-21(22)20(23-3)19-14-13-17-11-8-9-12-18(17)15-19/h8-9,11-16,20H,4-7,10H2,1-3H3/t16-,20+/m1/s1. The van der Waals surface area contributed by atoms with E-state index in [0.717, 1.165) is 29.2 Å². The molecule has 0 aliphatic carbocycles. The molecular weight excluding hydrogens is 300 g/mol. The van der Waals surface area contributed by atoms with Gasteiger partial charge in [-0.1, -0.05) is 62.6 Å². The van der Waals surface area contributed by atoms with E-state index in [1.54, 1.807) is 7.11 Å². The topological polar surface area (TPSA) is 35.5 Å². The van der Waals surface area contributed by atoms with Crippen LogP contribution in [0.4, 0.5) is 0 Å². The maximum absolute atomic E-state index is 12.5. The van der Waals surface area contributed by atoms with Crippen molar-refractivity contribution in [2.24, 2.45) is 0 Å². The third-order valence-electron chi connectivity index (χ3n) is 4.31. The average Bonchev–Trinajstić information content (AvgIpc) is 2.59. The van der Waals surface area contributed by atoms with Crippen molar-refractivity contribution in [3.8, 4) is 0 Å². The molecule has 0 N–H and O–H groups in total. The Balaban J connectivity index is 1.99. The van der Waals surface area contributed by atoms with Gasteiger partial charge in [0.1, 0.15) is 0 Å². The van der Waals surface area contributed by atoms with Crippen molar-refractivity contribution in [1.29, 1.82) is 0 Å². The van der Waals surface area contributed by atoms with Crippen molar-refractivity contribution in [3.05, 3.63) is 48.0 Å². The molecule has 3 nitrogen and oxygen atoms in total. The maximum Gasteiger partial charge on any atom is 0.340 e. The highest BCUT2D eigenvalue weighted by molar-refractivity contribution is 5.85. The number of hydrogen-bond acceptors (Lipinski definition) is 3. The van der Waals surface area contributed by atoms with Crippen LogP contribution in [0.2, 0.25) is 0 Å². The first-order valence-electron chi connectivity index (χ1n) is 8.87. The fourth-order valence-corrected chi connectivity index (χ4v) is 2.92. The summed E-state index contributed by atoms with van der Waals surface area (Å²) in [4.78, 5) is 12.5. The molecule has 0 aliphatic heterocycles. The van der Waals surface area contributed by atoms with Gasteiger partial charge < -0.3 is 9.47 Å². The quantitative estimate of drug-likeness (QED) is 0.455.